The van der Waals surface area contributed by atoms with Crippen molar-refractivity contribution in [3.8, 4) is 28.4 Å². The zero-order valence-corrected chi connectivity index (χ0v) is 35.8. The van der Waals surface area contributed by atoms with Crippen LogP contribution in [-0.4, -0.2) is 16.2 Å². The van der Waals surface area contributed by atoms with Gasteiger partial charge >= 0.3 is 0 Å². The van der Waals surface area contributed by atoms with Crippen molar-refractivity contribution in [2.75, 3.05) is 16.5 Å². The summed E-state index contributed by atoms with van der Waals surface area (Å²) in [4.78, 5) is 9.84. The molecular formula is C52H56N4O. The number of pyridine rings is 1. The summed E-state index contributed by atoms with van der Waals surface area (Å²) in [6.45, 7) is 27.6. The van der Waals surface area contributed by atoms with Gasteiger partial charge < -0.3 is 14.5 Å². The van der Waals surface area contributed by atoms with Crippen molar-refractivity contribution in [3.63, 3.8) is 0 Å². The molecule has 0 fully saturated rings. The molecule has 0 bridgehead atoms. The molecule has 3 heterocycles. The van der Waals surface area contributed by atoms with E-state index >= 15 is 0 Å². The SMILES string of the molecule is Cc1cc(C)c(-c2ccnc(-n3c4ccccc4c4ccc(Oc5cc(N6C=C(C(C)(C)C)N(c7c(C)cc(C)cc7C)C6)ccc5C(C)(C)C)cc43)c2)c(C)c1. The van der Waals surface area contributed by atoms with Crippen LogP contribution < -0.4 is 14.5 Å². The van der Waals surface area contributed by atoms with E-state index < -0.39 is 0 Å². The van der Waals surface area contributed by atoms with E-state index in [4.69, 9.17) is 9.72 Å². The maximum Gasteiger partial charge on any atom is 0.138 e. The number of rotatable bonds is 6. The molecule has 0 aliphatic carbocycles. The van der Waals surface area contributed by atoms with Gasteiger partial charge in [-0.3, -0.25) is 4.57 Å². The van der Waals surface area contributed by atoms with E-state index in [0.29, 0.717) is 0 Å². The van der Waals surface area contributed by atoms with Crippen LogP contribution in [0.1, 0.15) is 80.5 Å². The molecule has 0 saturated carbocycles. The predicted molar refractivity (Wildman–Crippen MR) is 241 cm³/mol. The number of para-hydroxylation sites is 1. The van der Waals surface area contributed by atoms with Crippen molar-refractivity contribution in [1.82, 2.24) is 9.55 Å². The first kappa shape index (κ1) is 38.1. The largest absolute Gasteiger partial charge is 0.457 e. The Hall–Kier alpha value is -5.81. The Kier molecular flexibility index (Phi) is 9.34. The summed E-state index contributed by atoms with van der Waals surface area (Å²) in [5.41, 5.74) is 17.0. The highest BCUT2D eigenvalue weighted by Gasteiger charge is 2.33. The van der Waals surface area contributed by atoms with Gasteiger partial charge in [0.15, 0.2) is 0 Å². The minimum Gasteiger partial charge on any atom is -0.457 e. The maximum absolute atomic E-state index is 7.03. The van der Waals surface area contributed by atoms with Crippen LogP contribution in [0.2, 0.25) is 0 Å². The molecule has 8 rings (SSSR count). The van der Waals surface area contributed by atoms with Crippen molar-refractivity contribution in [2.24, 2.45) is 5.41 Å². The van der Waals surface area contributed by atoms with Crippen LogP contribution in [0.25, 0.3) is 38.8 Å². The molecule has 5 heteroatoms. The lowest BCUT2D eigenvalue weighted by atomic mass is 9.86. The van der Waals surface area contributed by atoms with Gasteiger partial charge in [0.25, 0.3) is 0 Å². The molecule has 1 aliphatic heterocycles. The lowest BCUT2D eigenvalue weighted by Gasteiger charge is -2.33. The third-order valence-electron chi connectivity index (χ3n) is 11.5. The van der Waals surface area contributed by atoms with Crippen molar-refractivity contribution in [3.05, 3.63) is 154 Å². The molecule has 0 N–H and O–H groups in total. The number of aromatic nitrogens is 2. The summed E-state index contributed by atoms with van der Waals surface area (Å²) < 4.78 is 9.31. The van der Waals surface area contributed by atoms with E-state index in [-0.39, 0.29) is 10.8 Å². The van der Waals surface area contributed by atoms with Gasteiger partial charge in [0, 0.05) is 63.4 Å². The van der Waals surface area contributed by atoms with Crippen LogP contribution in [0.3, 0.4) is 0 Å². The van der Waals surface area contributed by atoms with Crippen LogP contribution in [0.5, 0.6) is 11.5 Å². The highest BCUT2D eigenvalue weighted by atomic mass is 16.5. The summed E-state index contributed by atoms with van der Waals surface area (Å²) in [6, 6.07) is 35.3. The Morgan fingerprint density at radius 1 is 0.614 bits per heavy atom. The Bertz CT molecular complexity index is 2690. The molecule has 2 aromatic heterocycles. The molecular weight excluding hydrogens is 697 g/mol. The van der Waals surface area contributed by atoms with E-state index in [0.717, 1.165) is 57.2 Å². The third-order valence-corrected chi connectivity index (χ3v) is 11.5. The van der Waals surface area contributed by atoms with Crippen molar-refractivity contribution in [1.29, 1.82) is 0 Å². The first-order valence-corrected chi connectivity index (χ1v) is 20.2. The molecule has 0 amide bonds. The average molecular weight is 753 g/mol. The highest BCUT2D eigenvalue weighted by molar-refractivity contribution is 6.09. The minimum atomic E-state index is -0.136. The second kappa shape index (κ2) is 14.0. The van der Waals surface area contributed by atoms with E-state index in [1.54, 1.807) is 0 Å². The molecule has 0 unspecified atom stereocenters. The van der Waals surface area contributed by atoms with E-state index in [2.05, 4.69) is 201 Å². The second-order valence-corrected chi connectivity index (χ2v) is 18.3. The molecule has 1 aliphatic rings. The summed E-state index contributed by atoms with van der Waals surface area (Å²) in [6.07, 6.45) is 4.27. The number of fused-ring (bicyclic) bond motifs is 3. The highest BCUT2D eigenvalue weighted by Crippen LogP contribution is 2.44. The minimum absolute atomic E-state index is 0.0523. The second-order valence-electron chi connectivity index (χ2n) is 18.3. The first-order valence-electron chi connectivity index (χ1n) is 20.2. The molecule has 290 valence electrons. The number of benzene rings is 5. The molecule has 57 heavy (non-hydrogen) atoms. The van der Waals surface area contributed by atoms with Crippen LogP contribution in [0.4, 0.5) is 11.4 Å². The maximum atomic E-state index is 7.03. The average Bonchev–Trinajstić information content (AvgIpc) is 3.71. The quantitative estimate of drug-likeness (QED) is 0.169. The lowest BCUT2D eigenvalue weighted by molar-refractivity contribution is 0.456. The fourth-order valence-electron chi connectivity index (χ4n) is 9.14. The van der Waals surface area contributed by atoms with E-state index in [1.165, 1.54) is 55.7 Å². The number of aryl methyl sites for hydroxylation is 6. The number of hydrogen-bond donors (Lipinski definition) is 0. The Balaban J connectivity index is 1.22. The molecule has 5 nitrogen and oxygen atoms in total. The van der Waals surface area contributed by atoms with Gasteiger partial charge in [-0.05, 0) is 117 Å². The summed E-state index contributed by atoms with van der Waals surface area (Å²) in [7, 11) is 0. The Morgan fingerprint density at radius 3 is 1.93 bits per heavy atom. The number of ether oxygens (including phenoxy) is 1. The number of hydrogen-bond acceptors (Lipinski definition) is 4. The standard InChI is InChI=1S/C52H56N4O/c1-32-23-34(3)49(35(4)24-32)38-21-22-53-48(27-38)56-44-16-14-13-15-41(44)42-19-18-40(29-45(42)56)57-46-28-39(17-20-43(46)51(7,8)9)54-30-47(52(10,11)12)55(31-54)50-36(5)25-33(2)26-37(50)6/h13-30H,31H2,1-12H3. The fraction of sp³-hybridized carbons (Fsp3) is 0.288. The number of anilines is 2. The van der Waals surface area contributed by atoms with Gasteiger partial charge in [-0.1, -0.05) is 101 Å². The summed E-state index contributed by atoms with van der Waals surface area (Å²) in [5, 5.41) is 2.35. The smallest absolute Gasteiger partial charge is 0.138 e. The Morgan fingerprint density at radius 2 is 1.26 bits per heavy atom. The number of nitrogens with zero attached hydrogens (tertiary/aromatic N) is 4. The van der Waals surface area contributed by atoms with Gasteiger partial charge in [0.2, 0.25) is 0 Å². The van der Waals surface area contributed by atoms with Crippen LogP contribution in [-0.2, 0) is 5.41 Å². The molecule has 5 aromatic carbocycles. The molecule has 0 atom stereocenters. The number of allylic oxidation sites excluding steroid dienone is 1. The van der Waals surface area contributed by atoms with Crippen LogP contribution >= 0.6 is 0 Å². The van der Waals surface area contributed by atoms with Crippen LogP contribution in [0.15, 0.2) is 115 Å². The summed E-state index contributed by atoms with van der Waals surface area (Å²) in [5.74, 6) is 2.53. The van der Waals surface area contributed by atoms with E-state index in [1.807, 2.05) is 6.20 Å². The fourth-order valence-corrected chi connectivity index (χ4v) is 9.14. The van der Waals surface area contributed by atoms with Crippen molar-refractivity contribution >= 4 is 33.2 Å². The summed E-state index contributed by atoms with van der Waals surface area (Å²) >= 11 is 0. The normalized spacial score (nSPS) is 13.6. The molecule has 0 radical (unpaired) electrons. The Labute approximate surface area is 339 Å². The van der Waals surface area contributed by atoms with Gasteiger partial charge in [-0.15, -0.1) is 0 Å². The predicted octanol–water partition coefficient (Wildman–Crippen LogP) is 14.0. The molecule has 7 aromatic rings. The van der Waals surface area contributed by atoms with E-state index in [9.17, 15) is 0 Å². The molecule has 0 spiro atoms. The lowest BCUT2D eigenvalue weighted by Crippen LogP contribution is -2.31. The third kappa shape index (κ3) is 6.98. The van der Waals surface area contributed by atoms with Crippen molar-refractivity contribution in [2.45, 2.75) is 88.5 Å². The van der Waals surface area contributed by atoms with Crippen molar-refractivity contribution < 1.29 is 4.74 Å². The first-order chi connectivity index (χ1) is 27.0. The topological polar surface area (TPSA) is 33.5 Å². The van der Waals surface area contributed by atoms with Crippen LogP contribution in [0, 0.1) is 47.0 Å². The zero-order valence-electron chi connectivity index (χ0n) is 35.8. The van der Waals surface area contributed by atoms with Gasteiger partial charge in [0.1, 0.15) is 17.3 Å². The molecule has 0 saturated heterocycles. The monoisotopic (exact) mass is 752 g/mol. The van der Waals surface area contributed by atoms with Gasteiger partial charge in [-0.2, -0.15) is 0 Å². The van der Waals surface area contributed by atoms with Gasteiger partial charge in [-0.25, -0.2) is 4.98 Å². The van der Waals surface area contributed by atoms with Gasteiger partial charge in [0.05, 0.1) is 17.7 Å². The zero-order chi connectivity index (χ0) is 40.6.